The number of hydrogen-bond acceptors (Lipinski definition) is 3. The van der Waals surface area contributed by atoms with Crippen LogP contribution in [0.15, 0.2) is 60.7 Å². The van der Waals surface area contributed by atoms with Crippen molar-refractivity contribution in [1.29, 1.82) is 0 Å². The topological polar surface area (TPSA) is 29.5 Å². The molecule has 0 saturated carbocycles. The Bertz CT molecular complexity index is 558. The maximum atomic E-state index is 11.9. The number of likely N-dealkylation sites (tertiary alicyclic amines) is 1. The standard InChI is InChI=1S/C18H19NO2/c1-21-13-16-17(20)12-19(16)18(14-8-4-2-5-9-14)15-10-6-3-7-11-15/h2-11,16,18H,12-13H2,1H3. The van der Waals surface area contributed by atoms with Gasteiger partial charge < -0.3 is 4.74 Å². The molecule has 21 heavy (non-hydrogen) atoms. The van der Waals surface area contributed by atoms with E-state index in [1.807, 2.05) is 36.4 Å². The Kier molecular flexibility index (Phi) is 4.13. The first-order valence-corrected chi connectivity index (χ1v) is 7.18. The normalized spacial score (nSPS) is 18.8. The Hall–Kier alpha value is -1.97. The molecule has 1 aliphatic rings. The molecule has 2 aromatic carbocycles. The zero-order valence-electron chi connectivity index (χ0n) is 12.1. The summed E-state index contributed by atoms with van der Waals surface area (Å²) in [6.07, 6.45) is 0. The van der Waals surface area contributed by atoms with Gasteiger partial charge >= 0.3 is 0 Å². The van der Waals surface area contributed by atoms with Crippen molar-refractivity contribution in [3.05, 3.63) is 71.8 Å². The van der Waals surface area contributed by atoms with E-state index in [0.717, 1.165) is 0 Å². The number of Topliss-reactive ketones (excluding diaryl/α,β-unsaturated/α-hetero) is 1. The number of carbonyl (C=O) groups excluding carboxylic acids is 1. The van der Waals surface area contributed by atoms with Crippen LogP contribution in [0.4, 0.5) is 0 Å². The first-order chi connectivity index (χ1) is 10.3. The highest BCUT2D eigenvalue weighted by Crippen LogP contribution is 2.34. The molecular weight excluding hydrogens is 262 g/mol. The molecule has 0 N–H and O–H groups in total. The van der Waals surface area contributed by atoms with E-state index in [0.29, 0.717) is 13.2 Å². The van der Waals surface area contributed by atoms with Crippen molar-refractivity contribution >= 4 is 5.78 Å². The van der Waals surface area contributed by atoms with E-state index in [9.17, 15) is 4.79 Å². The second-order valence-corrected chi connectivity index (χ2v) is 5.33. The van der Waals surface area contributed by atoms with Crippen LogP contribution in [-0.2, 0) is 9.53 Å². The Morgan fingerprint density at radius 1 is 1.05 bits per heavy atom. The van der Waals surface area contributed by atoms with Crippen molar-refractivity contribution in [2.45, 2.75) is 12.1 Å². The molecule has 0 amide bonds. The van der Waals surface area contributed by atoms with E-state index >= 15 is 0 Å². The highest BCUT2D eigenvalue weighted by molar-refractivity contribution is 5.91. The smallest absolute Gasteiger partial charge is 0.166 e. The average molecular weight is 281 g/mol. The van der Waals surface area contributed by atoms with Crippen LogP contribution in [0.2, 0.25) is 0 Å². The largest absolute Gasteiger partial charge is 0.383 e. The Labute approximate surface area is 125 Å². The third kappa shape index (κ3) is 2.75. The molecule has 1 aliphatic heterocycles. The Morgan fingerprint density at radius 2 is 1.57 bits per heavy atom. The van der Waals surface area contributed by atoms with E-state index in [1.165, 1.54) is 11.1 Å². The molecule has 1 heterocycles. The molecular formula is C18H19NO2. The molecule has 3 nitrogen and oxygen atoms in total. The molecule has 0 bridgehead atoms. The average Bonchev–Trinajstić information content (AvgIpc) is 2.54. The molecule has 2 aromatic rings. The monoisotopic (exact) mass is 281 g/mol. The number of rotatable bonds is 5. The SMILES string of the molecule is COCC1C(=O)CN1C(c1ccccc1)c1ccccc1. The fourth-order valence-electron chi connectivity index (χ4n) is 2.93. The van der Waals surface area contributed by atoms with Gasteiger partial charge in [-0.25, -0.2) is 0 Å². The fourth-order valence-corrected chi connectivity index (χ4v) is 2.93. The van der Waals surface area contributed by atoms with Gasteiger partial charge in [0.25, 0.3) is 0 Å². The summed E-state index contributed by atoms with van der Waals surface area (Å²) < 4.78 is 5.21. The van der Waals surface area contributed by atoms with Gasteiger partial charge in [-0.2, -0.15) is 0 Å². The molecule has 0 spiro atoms. The van der Waals surface area contributed by atoms with Crippen LogP contribution in [0.1, 0.15) is 17.2 Å². The van der Waals surface area contributed by atoms with Gasteiger partial charge in [0, 0.05) is 7.11 Å². The molecule has 1 saturated heterocycles. The summed E-state index contributed by atoms with van der Waals surface area (Å²) in [5.41, 5.74) is 2.41. The molecule has 108 valence electrons. The lowest BCUT2D eigenvalue weighted by molar-refractivity contribution is -0.141. The number of nitrogens with zero attached hydrogens (tertiary/aromatic N) is 1. The third-order valence-electron chi connectivity index (χ3n) is 4.00. The van der Waals surface area contributed by atoms with E-state index in [4.69, 9.17) is 4.74 Å². The summed E-state index contributed by atoms with van der Waals surface area (Å²) in [7, 11) is 1.64. The number of ether oxygens (including phenoxy) is 1. The van der Waals surface area contributed by atoms with E-state index in [2.05, 4.69) is 29.2 Å². The molecule has 1 fully saturated rings. The van der Waals surface area contributed by atoms with Gasteiger partial charge in [-0.3, -0.25) is 9.69 Å². The zero-order valence-corrected chi connectivity index (χ0v) is 12.1. The minimum absolute atomic E-state index is 0.102. The van der Waals surface area contributed by atoms with Gasteiger partial charge in [0.15, 0.2) is 5.78 Å². The molecule has 3 rings (SSSR count). The minimum Gasteiger partial charge on any atom is -0.383 e. The lowest BCUT2D eigenvalue weighted by Gasteiger charge is -2.44. The Morgan fingerprint density at radius 3 is 2.00 bits per heavy atom. The van der Waals surface area contributed by atoms with Crippen molar-refractivity contribution in [3.63, 3.8) is 0 Å². The van der Waals surface area contributed by atoms with Gasteiger partial charge in [-0.1, -0.05) is 60.7 Å². The molecule has 0 aliphatic carbocycles. The Balaban J connectivity index is 1.96. The first-order valence-electron chi connectivity index (χ1n) is 7.18. The highest BCUT2D eigenvalue weighted by Gasteiger charge is 2.42. The lowest BCUT2D eigenvalue weighted by atomic mass is 9.90. The van der Waals surface area contributed by atoms with Crippen molar-refractivity contribution < 1.29 is 9.53 Å². The molecule has 3 heteroatoms. The predicted octanol–water partition coefficient (Wildman–Crippen LogP) is 2.68. The lowest BCUT2D eigenvalue weighted by Crippen LogP contribution is -2.60. The van der Waals surface area contributed by atoms with Crippen LogP contribution in [0.25, 0.3) is 0 Å². The first kappa shape index (κ1) is 14.0. The van der Waals surface area contributed by atoms with Crippen LogP contribution in [-0.4, -0.2) is 37.0 Å². The molecule has 0 radical (unpaired) electrons. The second kappa shape index (κ2) is 6.20. The number of ketones is 1. The molecule has 0 aromatic heterocycles. The highest BCUT2D eigenvalue weighted by atomic mass is 16.5. The summed E-state index contributed by atoms with van der Waals surface area (Å²) in [6, 6.07) is 20.6. The predicted molar refractivity (Wildman–Crippen MR) is 82.1 cm³/mol. The van der Waals surface area contributed by atoms with Crippen molar-refractivity contribution in [2.75, 3.05) is 20.3 Å². The number of methoxy groups -OCH3 is 1. The fraction of sp³-hybridized carbons (Fsp3) is 0.278. The quantitative estimate of drug-likeness (QED) is 0.844. The van der Waals surface area contributed by atoms with Crippen molar-refractivity contribution in [1.82, 2.24) is 4.90 Å². The summed E-state index contributed by atoms with van der Waals surface area (Å²) in [5.74, 6) is 0.258. The third-order valence-corrected chi connectivity index (χ3v) is 4.00. The van der Waals surface area contributed by atoms with Crippen LogP contribution in [0.3, 0.4) is 0 Å². The summed E-state index contributed by atoms with van der Waals surface area (Å²) in [5, 5.41) is 0. The molecule has 1 unspecified atom stereocenters. The van der Waals surface area contributed by atoms with Crippen LogP contribution in [0, 0.1) is 0 Å². The summed E-state index contributed by atoms with van der Waals surface area (Å²) >= 11 is 0. The van der Waals surface area contributed by atoms with E-state index in [1.54, 1.807) is 7.11 Å². The van der Waals surface area contributed by atoms with Gasteiger partial charge in [0.2, 0.25) is 0 Å². The van der Waals surface area contributed by atoms with Crippen molar-refractivity contribution in [3.8, 4) is 0 Å². The molecule has 1 atom stereocenters. The maximum absolute atomic E-state index is 11.9. The van der Waals surface area contributed by atoms with E-state index < -0.39 is 0 Å². The number of carbonyl (C=O) groups is 1. The maximum Gasteiger partial charge on any atom is 0.166 e. The van der Waals surface area contributed by atoms with Crippen LogP contribution in [0.5, 0.6) is 0 Å². The number of hydrogen-bond donors (Lipinski definition) is 0. The van der Waals surface area contributed by atoms with Gasteiger partial charge in [-0.15, -0.1) is 0 Å². The van der Waals surface area contributed by atoms with Gasteiger partial charge in [0.05, 0.1) is 25.2 Å². The van der Waals surface area contributed by atoms with E-state index in [-0.39, 0.29) is 17.9 Å². The van der Waals surface area contributed by atoms with Crippen LogP contribution >= 0.6 is 0 Å². The van der Waals surface area contributed by atoms with Crippen molar-refractivity contribution in [2.24, 2.45) is 0 Å². The zero-order chi connectivity index (χ0) is 14.7. The van der Waals surface area contributed by atoms with Gasteiger partial charge in [-0.05, 0) is 11.1 Å². The minimum atomic E-state index is -0.139. The summed E-state index contributed by atoms with van der Waals surface area (Å²) in [6.45, 7) is 0.942. The summed E-state index contributed by atoms with van der Waals surface area (Å²) in [4.78, 5) is 14.1. The number of benzene rings is 2. The van der Waals surface area contributed by atoms with Gasteiger partial charge in [0.1, 0.15) is 0 Å². The van der Waals surface area contributed by atoms with Crippen LogP contribution < -0.4 is 0 Å². The second-order valence-electron chi connectivity index (χ2n) is 5.33.